The third kappa shape index (κ3) is 1.36. The Morgan fingerprint density at radius 1 is 1.00 bits per heavy atom. The van der Waals surface area contributed by atoms with Crippen molar-refractivity contribution in [2.45, 2.75) is 6.55 Å². The van der Waals surface area contributed by atoms with Gasteiger partial charge >= 0.3 is 0 Å². The van der Waals surface area contributed by atoms with E-state index in [0.717, 1.165) is 0 Å². The molecular weight excluding hydrogens is 188 g/mol. The van der Waals surface area contributed by atoms with E-state index in [9.17, 15) is 17.6 Å². The fraction of sp³-hybridized carbons (Fsp3) is 0.143. The molecule has 0 N–H and O–H groups in total. The highest BCUT2D eigenvalue weighted by Gasteiger charge is 2.17. The van der Waals surface area contributed by atoms with Crippen LogP contribution in [-0.2, 0) is 0 Å². The van der Waals surface area contributed by atoms with Crippen LogP contribution >= 0.6 is 0 Å². The van der Waals surface area contributed by atoms with Crippen LogP contribution in [0.15, 0.2) is 6.07 Å². The average Bonchev–Trinajstić information content (AvgIpc) is 2.01. The molecule has 1 rings (SSSR count). The van der Waals surface area contributed by atoms with Crippen LogP contribution in [0.1, 0.15) is 0 Å². The second-order valence-electron chi connectivity index (χ2n) is 2.09. The monoisotopic (exact) mass is 192 g/mol. The molecule has 0 aliphatic carbocycles. The summed E-state index contributed by atoms with van der Waals surface area (Å²) in [6.07, 6.45) is 0. The van der Waals surface area contributed by atoms with Crippen molar-refractivity contribution in [3.05, 3.63) is 29.3 Å². The first-order valence-corrected chi connectivity index (χ1v) is 4.58. The maximum absolute atomic E-state index is 12.7. The smallest absolute Gasteiger partial charge is 0.194 e. The van der Waals surface area contributed by atoms with Gasteiger partial charge in [0.25, 0.3) is 0 Å². The lowest BCUT2D eigenvalue weighted by atomic mass is 10.3. The first-order chi connectivity index (χ1) is 5.57. The molecule has 0 heterocycles. The first-order valence-electron chi connectivity index (χ1n) is 3.08. The van der Waals surface area contributed by atoms with Crippen LogP contribution in [0.2, 0.25) is 6.55 Å². The first kappa shape index (κ1) is 9.25. The van der Waals surface area contributed by atoms with Crippen LogP contribution in [-0.4, -0.2) is 9.52 Å². The average molecular weight is 192 g/mol. The largest absolute Gasteiger partial charge is 0.207 e. The number of rotatable bonds is 1. The van der Waals surface area contributed by atoms with Gasteiger partial charge in [0.05, 0.1) is 9.52 Å². The van der Waals surface area contributed by atoms with Crippen molar-refractivity contribution in [1.82, 2.24) is 0 Å². The summed E-state index contributed by atoms with van der Waals surface area (Å²) in [5.41, 5.74) is 0. The van der Waals surface area contributed by atoms with Gasteiger partial charge in [0.2, 0.25) is 0 Å². The molecule has 0 bridgehead atoms. The van der Waals surface area contributed by atoms with E-state index in [1.807, 2.05) is 0 Å². The van der Waals surface area contributed by atoms with E-state index < -0.39 is 28.5 Å². The SMILES string of the molecule is C[Si]c1c(F)cc(F)c(F)c1F. The molecule has 2 radical (unpaired) electrons. The molecule has 1 aromatic carbocycles. The Labute approximate surface area is 69.0 Å². The minimum absolute atomic E-state index is 0.236. The van der Waals surface area contributed by atoms with Crippen LogP contribution in [0.25, 0.3) is 0 Å². The lowest BCUT2D eigenvalue weighted by Gasteiger charge is -2.02. The van der Waals surface area contributed by atoms with Gasteiger partial charge in [-0.2, -0.15) is 0 Å². The van der Waals surface area contributed by atoms with Crippen molar-refractivity contribution in [2.24, 2.45) is 0 Å². The zero-order valence-electron chi connectivity index (χ0n) is 6.09. The Hall–Kier alpha value is -0.843. The molecule has 5 heteroatoms. The van der Waals surface area contributed by atoms with Crippen molar-refractivity contribution < 1.29 is 17.6 Å². The van der Waals surface area contributed by atoms with Crippen molar-refractivity contribution in [1.29, 1.82) is 0 Å². The predicted octanol–water partition coefficient (Wildman–Crippen LogP) is 1.62. The molecule has 0 saturated carbocycles. The van der Waals surface area contributed by atoms with Crippen molar-refractivity contribution in [3.63, 3.8) is 0 Å². The Balaban J connectivity index is 3.40. The van der Waals surface area contributed by atoms with Crippen LogP contribution in [0.3, 0.4) is 0 Å². The van der Waals surface area contributed by atoms with E-state index in [2.05, 4.69) is 0 Å². The van der Waals surface area contributed by atoms with E-state index >= 15 is 0 Å². The topological polar surface area (TPSA) is 0 Å². The molecule has 0 spiro atoms. The third-order valence-corrected chi connectivity index (χ3v) is 2.32. The van der Waals surface area contributed by atoms with E-state index in [-0.39, 0.29) is 9.52 Å². The van der Waals surface area contributed by atoms with Gasteiger partial charge in [0, 0.05) is 11.3 Å². The fourth-order valence-corrected chi connectivity index (χ4v) is 1.44. The van der Waals surface area contributed by atoms with E-state index in [1.54, 1.807) is 0 Å². The number of hydrogen-bond acceptors (Lipinski definition) is 0. The number of hydrogen-bond donors (Lipinski definition) is 0. The van der Waals surface area contributed by atoms with Crippen molar-refractivity contribution >= 4 is 14.7 Å². The molecule has 0 nitrogen and oxygen atoms in total. The zero-order chi connectivity index (χ0) is 9.30. The molecule has 0 amide bonds. The third-order valence-electron chi connectivity index (χ3n) is 1.36. The molecule has 0 aromatic heterocycles. The summed E-state index contributed by atoms with van der Waals surface area (Å²) in [5, 5.41) is -0.395. The van der Waals surface area contributed by atoms with Crippen LogP contribution in [0, 0.1) is 23.3 Å². The second-order valence-corrected chi connectivity index (χ2v) is 3.09. The van der Waals surface area contributed by atoms with Gasteiger partial charge in [-0.1, -0.05) is 6.55 Å². The molecule has 12 heavy (non-hydrogen) atoms. The second kappa shape index (κ2) is 3.26. The molecule has 0 atom stereocenters. The summed E-state index contributed by atoms with van der Waals surface area (Å²) in [7, 11) is -0.236. The highest BCUT2D eigenvalue weighted by Crippen LogP contribution is 2.10. The fourth-order valence-electron chi connectivity index (χ4n) is 0.795. The quantitative estimate of drug-likeness (QED) is 0.274. The van der Waals surface area contributed by atoms with Gasteiger partial charge in [0.1, 0.15) is 5.82 Å². The maximum Gasteiger partial charge on any atom is 0.194 e. The predicted molar refractivity (Wildman–Crippen MR) is 37.5 cm³/mol. The zero-order valence-corrected chi connectivity index (χ0v) is 7.09. The summed E-state index contributed by atoms with van der Waals surface area (Å²) in [6, 6.07) is 0.351. The highest BCUT2D eigenvalue weighted by atomic mass is 28.2. The Morgan fingerprint density at radius 2 is 1.58 bits per heavy atom. The van der Waals surface area contributed by atoms with Crippen LogP contribution in [0.4, 0.5) is 17.6 Å². The summed E-state index contributed by atoms with van der Waals surface area (Å²) in [5.74, 6) is -5.56. The van der Waals surface area contributed by atoms with Crippen LogP contribution < -0.4 is 5.19 Å². The summed E-state index contributed by atoms with van der Waals surface area (Å²) in [4.78, 5) is 0. The maximum atomic E-state index is 12.7. The van der Waals surface area contributed by atoms with Gasteiger partial charge in [-0.05, 0) is 0 Å². The lowest BCUT2D eigenvalue weighted by molar-refractivity contribution is 0.440. The molecular formula is C7H4F4Si. The van der Waals surface area contributed by atoms with Gasteiger partial charge in [0.15, 0.2) is 17.5 Å². The van der Waals surface area contributed by atoms with Gasteiger partial charge in [-0.25, -0.2) is 17.6 Å². The van der Waals surface area contributed by atoms with Crippen molar-refractivity contribution in [3.8, 4) is 0 Å². The van der Waals surface area contributed by atoms with Crippen LogP contribution in [0.5, 0.6) is 0 Å². The lowest BCUT2D eigenvalue weighted by Crippen LogP contribution is -2.22. The minimum Gasteiger partial charge on any atom is -0.207 e. The Bertz CT molecular complexity index is 311. The molecule has 0 unspecified atom stereocenters. The van der Waals surface area contributed by atoms with E-state index in [4.69, 9.17) is 0 Å². The molecule has 0 aliphatic heterocycles. The van der Waals surface area contributed by atoms with Crippen molar-refractivity contribution in [2.75, 3.05) is 0 Å². The van der Waals surface area contributed by atoms with Gasteiger partial charge < -0.3 is 0 Å². The molecule has 0 saturated heterocycles. The molecule has 1 aromatic rings. The summed E-state index contributed by atoms with van der Waals surface area (Å²) in [6.45, 7) is 1.48. The van der Waals surface area contributed by atoms with Gasteiger partial charge in [-0.15, -0.1) is 0 Å². The highest BCUT2D eigenvalue weighted by molar-refractivity contribution is 6.52. The molecule has 0 aliphatic rings. The Morgan fingerprint density at radius 3 is 2.08 bits per heavy atom. The normalized spacial score (nSPS) is 10.4. The van der Waals surface area contributed by atoms with Gasteiger partial charge in [-0.3, -0.25) is 0 Å². The number of benzene rings is 1. The number of halogens is 4. The Kier molecular flexibility index (Phi) is 2.51. The molecule has 64 valence electrons. The summed E-state index contributed by atoms with van der Waals surface area (Å²) < 4.78 is 50.1. The molecule has 0 fully saturated rings. The minimum atomic E-state index is -1.61. The van der Waals surface area contributed by atoms with E-state index in [0.29, 0.717) is 6.07 Å². The summed E-state index contributed by atoms with van der Waals surface area (Å²) >= 11 is 0. The standard InChI is InChI=1S/C7H4F4Si/c1-12-7-4(9)2-3(8)5(10)6(7)11/h2H,1H3. The van der Waals surface area contributed by atoms with E-state index in [1.165, 1.54) is 6.55 Å².